The van der Waals surface area contributed by atoms with Crippen LogP contribution in [-0.4, -0.2) is 18.4 Å². The van der Waals surface area contributed by atoms with Crippen molar-refractivity contribution in [2.75, 3.05) is 11.9 Å². The number of amides is 2. The number of hydrogen-bond donors (Lipinski definition) is 2. The maximum Gasteiger partial charge on any atom is 0.243 e. The minimum absolute atomic E-state index is 0.0170. The van der Waals surface area contributed by atoms with E-state index in [2.05, 4.69) is 33.2 Å². The molecule has 1 aliphatic rings. The summed E-state index contributed by atoms with van der Waals surface area (Å²) in [7, 11) is 0. The van der Waals surface area contributed by atoms with Crippen molar-refractivity contribution >= 4 is 40.1 Å². The van der Waals surface area contributed by atoms with Gasteiger partial charge in [-0.1, -0.05) is 25.3 Å². The van der Waals surface area contributed by atoms with Crippen LogP contribution < -0.4 is 10.6 Å². The Bertz CT molecular complexity index is 525. The molecular weight excluding hydrogens is 379 g/mol. The Labute approximate surface area is 139 Å². The third-order valence-corrected chi connectivity index (χ3v) is 5.02. The zero-order valence-corrected chi connectivity index (χ0v) is 14.4. The van der Waals surface area contributed by atoms with E-state index in [9.17, 15) is 9.59 Å². The molecule has 1 aliphatic carbocycles. The fourth-order valence-electron chi connectivity index (χ4n) is 2.55. The first kappa shape index (κ1) is 16.3. The van der Waals surface area contributed by atoms with Gasteiger partial charge in [0.2, 0.25) is 11.8 Å². The zero-order valence-electron chi connectivity index (χ0n) is 12.2. The van der Waals surface area contributed by atoms with E-state index in [0.717, 1.165) is 34.9 Å². The summed E-state index contributed by atoms with van der Waals surface area (Å²) in [6.45, 7) is 2.07. The highest BCUT2D eigenvalue weighted by atomic mass is 127. The van der Waals surface area contributed by atoms with Crippen LogP contribution in [0.2, 0.25) is 0 Å². The monoisotopic (exact) mass is 400 g/mol. The van der Waals surface area contributed by atoms with Gasteiger partial charge in [-0.2, -0.15) is 0 Å². The average molecular weight is 400 g/mol. The largest absolute Gasteiger partial charge is 0.347 e. The molecule has 0 radical (unpaired) electrons. The maximum atomic E-state index is 12.0. The van der Waals surface area contributed by atoms with E-state index >= 15 is 0 Å². The van der Waals surface area contributed by atoms with E-state index in [1.165, 1.54) is 12.0 Å². The molecule has 0 aromatic heterocycles. The van der Waals surface area contributed by atoms with Gasteiger partial charge in [0.05, 0.1) is 6.54 Å². The summed E-state index contributed by atoms with van der Waals surface area (Å²) in [4.78, 5) is 23.8. The van der Waals surface area contributed by atoms with Crippen LogP contribution in [-0.2, 0) is 9.59 Å². The number of aryl methyl sites for hydroxylation is 1. The number of benzene rings is 1. The van der Waals surface area contributed by atoms with Crippen LogP contribution in [0.5, 0.6) is 0 Å². The summed E-state index contributed by atoms with van der Waals surface area (Å²) in [5.41, 5.74) is 1.95. The topological polar surface area (TPSA) is 58.2 Å². The fraction of sp³-hybridized carbons (Fsp3) is 0.500. The molecule has 1 fully saturated rings. The molecule has 114 valence electrons. The Morgan fingerprint density at radius 3 is 2.62 bits per heavy atom. The number of carbonyl (C=O) groups is 2. The van der Waals surface area contributed by atoms with Crippen LogP contribution >= 0.6 is 22.6 Å². The predicted octanol–water partition coefficient (Wildman–Crippen LogP) is 3.23. The van der Waals surface area contributed by atoms with Gasteiger partial charge >= 0.3 is 0 Å². The van der Waals surface area contributed by atoms with Crippen molar-refractivity contribution in [1.82, 2.24) is 5.32 Å². The number of anilines is 1. The number of carbonyl (C=O) groups excluding carboxylic acids is 2. The molecule has 1 aromatic carbocycles. The number of hydrogen-bond acceptors (Lipinski definition) is 2. The van der Waals surface area contributed by atoms with Crippen molar-refractivity contribution in [2.24, 2.45) is 5.92 Å². The summed E-state index contributed by atoms with van der Waals surface area (Å²) >= 11 is 2.24. The molecule has 0 spiro atoms. The van der Waals surface area contributed by atoms with E-state index < -0.39 is 0 Å². The molecule has 0 heterocycles. The molecule has 2 amide bonds. The van der Waals surface area contributed by atoms with Gasteiger partial charge in [0.1, 0.15) is 0 Å². The molecule has 0 bridgehead atoms. The average Bonchev–Trinajstić information content (AvgIpc) is 2.49. The molecule has 0 atom stereocenters. The smallest absolute Gasteiger partial charge is 0.243 e. The van der Waals surface area contributed by atoms with Crippen LogP contribution in [0.4, 0.5) is 5.69 Å². The predicted molar refractivity (Wildman–Crippen MR) is 92.1 cm³/mol. The SMILES string of the molecule is Cc1ccc(NC(=O)CNC(=O)C2CCCCC2)cc1I. The first-order chi connectivity index (χ1) is 10.1. The normalized spacial score (nSPS) is 15.5. The second kappa shape index (κ2) is 7.77. The second-order valence-corrected chi connectivity index (χ2v) is 6.73. The van der Waals surface area contributed by atoms with Gasteiger partial charge < -0.3 is 10.6 Å². The zero-order chi connectivity index (χ0) is 15.2. The van der Waals surface area contributed by atoms with Crippen molar-refractivity contribution in [3.05, 3.63) is 27.3 Å². The van der Waals surface area contributed by atoms with Crippen molar-refractivity contribution in [1.29, 1.82) is 0 Å². The van der Waals surface area contributed by atoms with Gasteiger partial charge in [-0.05, 0) is 60.1 Å². The van der Waals surface area contributed by atoms with Crippen LogP contribution in [0, 0.1) is 16.4 Å². The van der Waals surface area contributed by atoms with Crippen LogP contribution in [0.3, 0.4) is 0 Å². The number of rotatable bonds is 4. The molecule has 0 saturated heterocycles. The fourth-order valence-corrected chi connectivity index (χ4v) is 3.07. The van der Waals surface area contributed by atoms with E-state index in [0.29, 0.717) is 0 Å². The van der Waals surface area contributed by atoms with E-state index in [4.69, 9.17) is 0 Å². The maximum absolute atomic E-state index is 12.0. The standard InChI is InChI=1S/C16H21IN2O2/c1-11-7-8-13(9-14(11)17)19-15(20)10-18-16(21)12-5-3-2-4-6-12/h7-9,12H,2-6,10H2,1H3,(H,18,21)(H,19,20). The Hall–Kier alpha value is -1.11. The molecule has 1 saturated carbocycles. The quantitative estimate of drug-likeness (QED) is 0.763. The highest BCUT2D eigenvalue weighted by molar-refractivity contribution is 14.1. The Kier molecular flexibility index (Phi) is 6.02. The summed E-state index contributed by atoms with van der Waals surface area (Å²) in [6.07, 6.45) is 5.35. The summed E-state index contributed by atoms with van der Waals surface area (Å²) < 4.78 is 1.11. The lowest BCUT2D eigenvalue weighted by Gasteiger charge is -2.20. The van der Waals surface area contributed by atoms with Gasteiger partial charge in [-0.25, -0.2) is 0 Å². The molecule has 5 heteroatoms. The van der Waals surface area contributed by atoms with Crippen LogP contribution in [0.15, 0.2) is 18.2 Å². The highest BCUT2D eigenvalue weighted by Crippen LogP contribution is 2.23. The Balaban J connectivity index is 1.78. The van der Waals surface area contributed by atoms with Crippen molar-refractivity contribution < 1.29 is 9.59 Å². The minimum atomic E-state index is -0.182. The van der Waals surface area contributed by atoms with Gasteiger partial charge in [0, 0.05) is 15.2 Å². The van der Waals surface area contributed by atoms with E-state index in [1.807, 2.05) is 25.1 Å². The molecular formula is C16H21IN2O2. The summed E-state index contributed by atoms with van der Waals surface area (Å²) in [5, 5.41) is 5.56. The van der Waals surface area contributed by atoms with E-state index in [-0.39, 0.29) is 24.3 Å². The molecule has 0 aliphatic heterocycles. The second-order valence-electron chi connectivity index (χ2n) is 5.56. The number of nitrogens with one attached hydrogen (secondary N) is 2. The van der Waals surface area contributed by atoms with Crippen molar-refractivity contribution in [3.8, 4) is 0 Å². The minimum Gasteiger partial charge on any atom is -0.347 e. The third kappa shape index (κ3) is 4.98. The Morgan fingerprint density at radius 1 is 1.24 bits per heavy atom. The van der Waals surface area contributed by atoms with Crippen molar-refractivity contribution in [3.63, 3.8) is 0 Å². The lowest BCUT2D eigenvalue weighted by molar-refractivity contribution is -0.128. The molecule has 4 nitrogen and oxygen atoms in total. The van der Waals surface area contributed by atoms with Gasteiger partial charge in [-0.3, -0.25) is 9.59 Å². The van der Waals surface area contributed by atoms with Gasteiger partial charge in [0.25, 0.3) is 0 Å². The summed E-state index contributed by atoms with van der Waals surface area (Å²) in [5.74, 6) is -0.0750. The van der Waals surface area contributed by atoms with E-state index in [1.54, 1.807) is 0 Å². The lowest BCUT2D eigenvalue weighted by Crippen LogP contribution is -2.37. The Morgan fingerprint density at radius 2 is 1.95 bits per heavy atom. The molecule has 2 N–H and O–H groups in total. The summed E-state index contributed by atoms with van der Waals surface area (Å²) in [6, 6.07) is 5.77. The molecule has 1 aromatic rings. The van der Waals surface area contributed by atoms with Gasteiger partial charge in [-0.15, -0.1) is 0 Å². The van der Waals surface area contributed by atoms with Crippen molar-refractivity contribution in [2.45, 2.75) is 39.0 Å². The van der Waals surface area contributed by atoms with Crippen LogP contribution in [0.1, 0.15) is 37.7 Å². The molecule has 21 heavy (non-hydrogen) atoms. The lowest BCUT2D eigenvalue weighted by atomic mass is 9.89. The molecule has 0 unspecified atom stereocenters. The van der Waals surface area contributed by atoms with Gasteiger partial charge in [0.15, 0.2) is 0 Å². The first-order valence-electron chi connectivity index (χ1n) is 7.40. The first-order valence-corrected chi connectivity index (χ1v) is 8.48. The number of halogens is 1. The highest BCUT2D eigenvalue weighted by Gasteiger charge is 2.21. The van der Waals surface area contributed by atoms with Crippen LogP contribution in [0.25, 0.3) is 0 Å². The third-order valence-electron chi connectivity index (χ3n) is 3.85. The molecule has 2 rings (SSSR count).